The normalized spacial score (nSPS) is 28.7. The lowest BCUT2D eigenvalue weighted by Gasteiger charge is -2.23. The lowest BCUT2D eigenvalue weighted by molar-refractivity contribution is 0.0644. The van der Waals surface area contributed by atoms with E-state index in [-0.39, 0.29) is 0 Å². The van der Waals surface area contributed by atoms with Gasteiger partial charge in [0, 0.05) is 18.6 Å². The van der Waals surface area contributed by atoms with Gasteiger partial charge in [0.25, 0.3) is 0 Å². The molecule has 1 N–H and O–H groups in total. The number of nitrogens with one attached hydrogen (secondary N) is 1. The maximum Gasteiger partial charge on any atom is 0.0622 e. The van der Waals surface area contributed by atoms with Crippen molar-refractivity contribution in [2.75, 3.05) is 33.5 Å². The van der Waals surface area contributed by atoms with E-state index in [2.05, 4.69) is 12.4 Å². The van der Waals surface area contributed by atoms with Crippen LogP contribution in [-0.4, -0.2) is 39.5 Å². The molecule has 2 rings (SSSR count). The highest BCUT2D eigenvalue weighted by Gasteiger charge is 2.24. The molecule has 0 aromatic carbocycles. The molecule has 0 aromatic heterocycles. The molecule has 1 aliphatic heterocycles. The standard InChI is InChI=1S/C13H25NO2/c1-14-13(12-4-2-3-5-12)10-16-9-11-6-7-15-8-11/h11-14H,2-10H2,1H3. The van der Waals surface area contributed by atoms with Gasteiger partial charge in [0.2, 0.25) is 0 Å². The first-order valence-corrected chi connectivity index (χ1v) is 6.73. The summed E-state index contributed by atoms with van der Waals surface area (Å²) in [6, 6.07) is 0.560. The Labute approximate surface area is 98.9 Å². The maximum absolute atomic E-state index is 5.84. The quantitative estimate of drug-likeness (QED) is 0.751. The minimum absolute atomic E-state index is 0.560. The molecule has 0 spiro atoms. The van der Waals surface area contributed by atoms with Crippen LogP contribution in [0.2, 0.25) is 0 Å². The van der Waals surface area contributed by atoms with E-state index in [1.165, 1.54) is 32.1 Å². The van der Waals surface area contributed by atoms with Crippen molar-refractivity contribution in [3.8, 4) is 0 Å². The third-order valence-electron chi connectivity index (χ3n) is 4.01. The topological polar surface area (TPSA) is 30.5 Å². The van der Waals surface area contributed by atoms with Gasteiger partial charge in [0.15, 0.2) is 0 Å². The Kier molecular flexibility index (Phi) is 5.07. The minimum Gasteiger partial charge on any atom is -0.381 e. The molecule has 2 fully saturated rings. The zero-order valence-corrected chi connectivity index (χ0v) is 10.4. The second kappa shape index (κ2) is 6.58. The fourth-order valence-corrected chi connectivity index (χ4v) is 2.89. The molecule has 1 saturated heterocycles. The highest BCUT2D eigenvalue weighted by atomic mass is 16.5. The fraction of sp³-hybridized carbons (Fsp3) is 1.00. The Bertz CT molecular complexity index is 186. The van der Waals surface area contributed by atoms with Gasteiger partial charge in [0.1, 0.15) is 0 Å². The summed E-state index contributed by atoms with van der Waals surface area (Å²) >= 11 is 0. The summed E-state index contributed by atoms with van der Waals surface area (Å²) in [6.45, 7) is 3.57. The van der Waals surface area contributed by atoms with Gasteiger partial charge in [0.05, 0.1) is 19.8 Å². The lowest BCUT2D eigenvalue weighted by atomic mass is 9.99. The van der Waals surface area contributed by atoms with E-state index in [9.17, 15) is 0 Å². The predicted molar refractivity (Wildman–Crippen MR) is 64.6 cm³/mol. The zero-order chi connectivity index (χ0) is 11.2. The molecule has 1 saturated carbocycles. The lowest BCUT2D eigenvalue weighted by Crippen LogP contribution is -2.37. The molecular formula is C13H25NO2. The van der Waals surface area contributed by atoms with Crippen LogP contribution in [0.1, 0.15) is 32.1 Å². The Balaban J connectivity index is 1.62. The smallest absolute Gasteiger partial charge is 0.0622 e. The molecule has 1 heterocycles. The Morgan fingerprint density at radius 1 is 1.31 bits per heavy atom. The molecule has 2 aliphatic rings. The van der Waals surface area contributed by atoms with Crippen LogP contribution in [-0.2, 0) is 9.47 Å². The van der Waals surface area contributed by atoms with Crippen LogP contribution in [0.3, 0.4) is 0 Å². The Hall–Kier alpha value is -0.120. The van der Waals surface area contributed by atoms with Gasteiger partial charge in [-0.15, -0.1) is 0 Å². The van der Waals surface area contributed by atoms with Crippen LogP contribution in [0, 0.1) is 11.8 Å². The summed E-state index contributed by atoms with van der Waals surface area (Å²) in [4.78, 5) is 0. The van der Waals surface area contributed by atoms with Crippen molar-refractivity contribution in [2.45, 2.75) is 38.1 Å². The zero-order valence-electron chi connectivity index (χ0n) is 10.4. The van der Waals surface area contributed by atoms with Gasteiger partial charge in [-0.05, 0) is 32.2 Å². The van der Waals surface area contributed by atoms with Crippen molar-refractivity contribution in [3.63, 3.8) is 0 Å². The maximum atomic E-state index is 5.84. The average molecular weight is 227 g/mol. The predicted octanol–water partition coefficient (Wildman–Crippen LogP) is 1.82. The third kappa shape index (κ3) is 3.44. The Morgan fingerprint density at radius 2 is 2.12 bits per heavy atom. The van der Waals surface area contributed by atoms with Crippen molar-refractivity contribution in [3.05, 3.63) is 0 Å². The summed E-state index contributed by atoms with van der Waals surface area (Å²) in [5, 5.41) is 3.41. The molecular weight excluding hydrogens is 202 g/mol. The molecule has 2 unspecified atom stereocenters. The molecule has 3 heteroatoms. The van der Waals surface area contributed by atoms with Gasteiger partial charge >= 0.3 is 0 Å². The van der Waals surface area contributed by atoms with Gasteiger partial charge in [-0.3, -0.25) is 0 Å². The van der Waals surface area contributed by atoms with E-state index in [4.69, 9.17) is 9.47 Å². The van der Waals surface area contributed by atoms with E-state index >= 15 is 0 Å². The van der Waals surface area contributed by atoms with E-state index in [0.29, 0.717) is 12.0 Å². The first-order chi connectivity index (χ1) is 7.90. The largest absolute Gasteiger partial charge is 0.381 e. The van der Waals surface area contributed by atoms with Crippen LogP contribution in [0.15, 0.2) is 0 Å². The number of hydrogen-bond donors (Lipinski definition) is 1. The van der Waals surface area contributed by atoms with Crippen LogP contribution in [0.5, 0.6) is 0 Å². The molecule has 1 aliphatic carbocycles. The summed E-state index contributed by atoms with van der Waals surface area (Å²) in [5.74, 6) is 1.48. The van der Waals surface area contributed by atoms with Crippen LogP contribution in [0.4, 0.5) is 0 Å². The molecule has 0 radical (unpaired) electrons. The van der Waals surface area contributed by atoms with Crippen LogP contribution >= 0.6 is 0 Å². The molecule has 2 atom stereocenters. The SMILES string of the molecule is CNC(COCC1CCOC1)C1CCCC1. The average Bonchev–Trinajstić information content (AvgIpc) is 2.96. The van der Waals surface area contributed by atoms with Gasteiger partial charge < -0.3 is 14.8 Å². The summed E-state index contributed by atoms with van der Waals surface area (Å²) < 4.78 is 11.2. The monoisotopic (exact) mass is 227 g/mol. The summed E-state index contributed by atoms with van der Waals surface area (Å²) in [6.07, 6.45) is 6.73. The molecule has 0 amide bonds. The number of hydrogen-bond acceptors (Lipinski definition) is 3. The molecule has 0 bridgehead atoms. The molecule has 3 nitrogen and oxygen atoms in total. The first kappa shape index (κ1) is 12.3. The van der Waals surface area contributed by atoms with Crippen molar-refractivity contribution < 1.29 is 9.47 Å². The van der Waals surface area contributed by atoms with Crippen molar-refractivity contribution in [1.29, 1.82) is 0 Å². The van der Waals surface area contributed by atoms with E-state index < -0.39 is 0 Å². The third-order valence-corrected chi connectivity index (χ3v) is 4.01. The van der Waals surface area contributed by atoms with E-state index in [0.717, 1.165) is 32.3 Å². The first-order valence-electron chi connectivity index (χ1n) is 6.73. The molecule has 0 aromatic rings. The Morgan fingerprint density at radius 3 is 2.75 bits per heavy atom. The second-order valence-electron chi connectivity index (χ2n) is 5.21. The fourth-order valence-electron chi connectivity index (χ4n) is 2.89. The highest BCUT2D eigenvalue weighted by Crippen LogP contribution is 2.27. The molecule has 16 heavy (non-hydrogen) atoms. The summed E-state index contributed by atoms with van der Waals surface area (Å²) in [7, 11) is 2.06. The minimum atomic E-state index is 0.560. The van der Waals surface area contributed by atoms with Gasteiger partial charge in [-0.1, -0.05) is 12.8 Å². The number of rotatable bonds is 6. The van der Waals surface area contributed by atoms with Crippen LogP contribution < -0.4 is 5.32 Å². The van der Waals surface area contributed by atoms with Crippen LogP contribution in [0.25, 0.3) is 0 Å². The molecule has 94 valence electrons. The van der Waals surface area contributed by atoms with E-state index in [1.807, 2.05) is 0 Å². The van der Waals surface area contributed by atoms with Crippen molar-refractivity contribution in [2.24, 2.45) is 11.8 Å². The summed E-state index contributed by atoms with van der Waals surface area (Å²) in [5.41, 5.74) is 0. The number of likely N-dealkylation sites (N-methyl/N-ethyl adjacent to an activating group) is 1. The van der Waals surface area contributed by atoms with Gasteiger partial charge in [-0.2, -0.15) is 0 Å². The van der Waals surface area contributed by atoms with Crippen molar-refractivity contribution in [1.82, 2.24) is 5.32 Å². The van der Waals surface area contributed by atoms with E-state index in [1.54, 1.807) is 0 Å². The number of ether oxygens (including phenoxy) is 2. The van der Waals surface area contributed by atoms with Gasteiger partial charge in [-0.25, -0.2) is 0 Å². The second-order valence-corrected chi connectivity index (χ2v) is 5.21. The van der Waals surface area contributed by atoms with Crippen molar-refractivity contribution >= 4 is 0 Å². The highest BCUT2D eigenvalue weighted by molar-refractivity contribution is 4.79.